The summed E-state index contributed by atoms with van der Waals surface area (Å²) in [6.45, 7) is 0. The number of rotatable bonds is 4. The lowest BCUT2D eigenvalue weighted by atomic mass is 10.4. The summed E-state index contributed by atoms with van der Waals surface area (Å²) in [5.74, 6) is -0.341. The van der Waals surface area contributed by atoms with Crippen molar-refractivity contribution in [3.05, 3.63) is 51.3 Å². The van der Waals surface area contributed by atoms with E-state index in [-0.39, 0.29) is 10.8 Å². The van der Waals surface area contributed by atoms with Gasteiger partial charge in [-0.25, -0.2) is 5.43 Å². The quantitative estimate of drug-likeness (QED) is 0.519. The molecule has 0 saturated carbocycles. The van der Waals surface area contributed by atoms with E-state index in [1.807, 2.05) is 0 Å². The molecule has 0 saturated heterocycles. The van der Waals surface area contributed by atoms with E-state index in [4.69, 9.17) is 4.42 Å². The van der Waals surface area contributed by atoms with Crippen LogP contribution >= 0.6 is 11.3 Å². The molecule has 0 aromatic carbocycles. The number of hydrogen-bond acceptors (Lipinski definition) is 6. The predicted molar refractivity (Wildman–Crippen MR) is 64.7 cm³/mol. The molecular formula is C10H7N3O4S. The second kappa shape index (κ2) is 5.23. The summed E-state index contributed by atoms with van der Waals surface area (Å²) in [6.07, 6.45) is 2.71. The Morgan fingerprint density at radius 3 is 2.94 bits per heavy atom. The maximum atomic E-state index is 11.4. The molecule has 2 aromatic heterocycles. The topological polar surface area (TPSA) is 97.7 Å². The molecule has 0 radical (unpaired) electrons. The molecule has 2 aromatic rings. The van der Waals surface area contributed by atoms with Crippen LogP contribution in [0.1, 0.15) is 15.4 Å². The molecule has 8 heteroatoms. The van der Waals surface area contributed by atoms with Crippen LogP contribution in [0.5, 0.6) is 0 Å². The van der Waals surface area contributed by atoms with Crippen molar-refractivity contribution in [2.45, 2.75) is 0 Å². The lowest BCUT2D eigenvalue weighted by Crippen LogP contribution is -2.16. The third kappa shape index (κ3) is 2.80. The van der Waals surface area contributed by atoms with Gasteiger partial charge in [-0.3, -0.25) is 14.9 Å². The molecule has 0 fully saturated rings. The SMILES string of the molecule is O=C(NN=Cc1ccc([N+](=O)[O-])s1)c1ccco1. The number of carbonyl (C=O) groups is 1. The van der Waals surface area contributed by atoms with Gasteiger partial charge in [0.1, 0.15) is 0 Å². The highest BCUT2D eigenvalue weighted by Crippen LogP contribution is 2.22. The Kier molecular flexibility index (Phi) is 3.49. The van der Waals surface area contributed by atoms with Crippen molar-refractivity contribution in [2.24, 2.45) is 5.10 Å². The Labute approximate surface area is 105 Å². The Morgan fingerprint density at radius 2 is 2.33 bits per heavy atom. The van der Waals surface area contributed by atoms with Crippen molar-refractivity contribution < 1.29 is 14.1 Å². The minimum absolute atomic E-state index is 0.0220. The molecule has 18 heavy (non-hydrogen) atoms. The molecule has 0 bridgehead atoms. The fourth-order valence-electron chi connectivity index (χ4n) is 1.13. The summed E-state index contributed by atoms with van der Waals surface area (Å²) in [5.41, 5.74) is 2.25. The van der Waals surface area contributed by atoms with Crippen molar-refractivity contribution in [3.8, 4) is 0 Å². The third-order valence-electron chi connectivity index (χ3n) is 1.90. The van der Waals surface area contributed by atoms with Gasteiger partial charge in [-0.05, 0) is 18.2 Å². The standard InChI is InChI=1S/C10H7N3O4S/c14-10(8-2-1-5-17-8)12-11-6-7-3-4-9(18-7)13(15)16/h1-6H,(H,12,14). The Morgan fingerprint density at radius 1 is 1.50 bits per heavy atom. The monoisotopic (exact) mass is 265 g/mol. The van der Waals surface area contributed by atoms with Crippen LogP contribution in [0.4, 0.5) is 5.00 Å². The summed E-state index contributed by atoms with van der Waals surface area (Å²) in [7, 11) is 0. The van der Waals surface area contributed by atoms with E-state index in [1.54, 1.807) is 12.1 Å². The van der Waals surface area contributed by atoms with Crippen LogP contribution in [0, 0.1) is 10.1 Å². The molecular weight excluding hydrogens is 258 g/mol. The minimum atomic E-state index is -0.484. The van der Waals surface area contributed by atoms with Gasteiger partial charge in [0, 0.05) is 6.07 Å². The van der Waals surface area contributed by atoms with Crippen LogP contribution in [-0.4, -0.2) is 17.0 Å². The number of furan rings is 1. The minimum Gasteiger partial charge on any atom is -0.459 e. The van der Waals surface area contributed by atoms with Crippen LogP contribution in [0.2, 0.25) is 0 Å². The molecule has 92 valence electrons. The Hall–Kier alpha value is -2.48. The number of nitrogens with one attached hydrogen (secondary N) is 1. The normalized spacial score (nSPS) is 10.7. The van der Waals surface area contributed by atoms with E-state index in [1.165, 1.54) is 24.6 Å². The molecule has 2 heterocycles. The summed E-state index contributed by atoms with van der Waals surface area (Å²) < 4.78 is 4.86. The number of amides is 1. The van der Waals surface area contributed by atoms with Crippen LogP contribution in [0.3, 0.4) is 0 Å². The number of nitro groups is 1. The summed E-state index contributed by atoms with van der Waals surface area (Å²) in [5, 5.41) is 14.1. The Balaban J connectivity index is 1.95. The van der Waals surface area contributed by atoms with Gasteiger partial charge in [-0.1, -0.05) is 11.3 Å². The molecule has 0 unspecified atom stereocenters. The molecule has 0 aliphatic heterocycles. The molecule has 7 nitrogen and oxygen atoms in total. The first-order chi connectivity index (χ1) is 8.66. The van der Waals surface area contributed by atoms with Crippen molar-refractivity contribution >= 4 is 28.5 Å². The summed E-state index contributed by atoms with van der Waals surface area (Å²) in [4.78, 5) is 21.9. The van der Waals surface area contributed by atoms with Gasteiger partial charge < -0.3 is 4.42 Å². The highest BCUT2D eigenvalue weighted by atomic mass is 32.1. The van der Waals surface area contributed by atoms with Crippen LogP contribution in [-0.2, 0) is 0 Å². The third-order valence-corrected chi connectivity index (χ3v) is 2.87. The first-order valence-corrected chi connectivity index (χ1v) is 5.59. The number of nitrogens with zero attached hydrogens (tertiary/aromatic N) is 2. The Bertz CT molecular complexity index is 588. The van der Waals surface area contributed by atoms with Crippen molar-refractivity contribution in [1.82, 2.24) is 5.43 Å². The largest absolute Gasteiger partial charge is 0.459 e. The molecule has 0 aliphatic rings. The van der Waals surface area contributed by atoms with Gasteiger partial charge >= 0.3 is 10.9 Å². The van der Waals surface area contributed by atoms with Crippen LogP contribution in [0.15, 0.2) is 40.0 Å². The van der Waals surface area contributed by atoms with Gasteiger partial charge in [0.25, 0.3) is 0 Å². The van der Waals surface area contributed by atoms with E-state index < -0.39 is 10.8 Å². The molecule has 1 N–H and O–H groups in total. The first-order valence-electron chi connectivity index (χ1n) is 4.78. The van der Waals surface area contributed by atoms with Crippen LogP contribution < -0.4 is 5.43 Å². The van der Waals surface area contributed by atoms with Crippen LogP contribution in [0.25, 0.3) is 0 Å². The highest BCUT2D eigenvalue weighted by molar-refractivity contribution is 7.16. The lowest BCUT2D eigenvalue weighted by molar-refractivity contribution is -0.380. The second-order valence-corrected chi connectivity index (χ2v) is 4.20. The van der Waals surface area contributed by atoms with E-state index >= 15 is 0 Å². The van der Waals surface area contributed by atoms with E-state index in [0.717, 1.165) is 11.3 Å². The van der Waals surface area contributed by atoms with Gasteiger partial charge in [-0.15, -0.1) is 0 Å². The van der Waals surface area contributed by atoms with Gasteiger partial charge in [0.2, 0.25) is 0 Å². The number of hydrazone groups is 1. The zero-order valence-electron chi connectivity index (χ0n) is 8.90. The maximum absolute atomic E-state index is 11.4. The van der Waals surface area contributed by atoms with Crippen molar-refractivity contribution in [3.63, 3.8) is 0 Å². The molecule has 2 rings (SSSR count). The lowest BCUT2D eigenvalue weighted by Gasteiger charge is -1.93. The van der Waals surface area contributed by atoms with Gasteiger partial charge in [0.05, 0.1) is 22.3 Å². The average Bonchev–Trinajstić information content (AvgIpc) is 3.00. The molecule has 1 amide bonds. The van der Waals surface area contributed by atoms with Gasteiger partial charge in [-0.2, -0.15) is 5.10 Å². The zero-order valence-corrected chi connectivity index (χ0v) is 9.72. The first kappa shape index (κ1) is 12.0. The average molecular weight is 265 g/mol. The van der Waals surface area contributed by atoms with Gasteiger partial charge in [0.15, 0.2) is 5.76 Å². The van der Waals surface area contributed by atoms with E-state index in [0.29, 0.717) is 4.88 Å². The highest BCUT2D eigenvalue weighted by Gasteiger charge is 2.09. The molecule has 0 atom stereocenters. The molecule has 0 aliphatic carbocycles. The van der Waals surface area contributed by atoms with E-state index in [2.05, 4.69) is 10.5 Å². The number of carbonyl (C=O) groups excluding carboxylic acids is 1. The summed E-state index contributed by atoms with van der Waals surface area (Å²) in [6, 6.07) is 6.01. The fraction of sp³-hybridized carbons (Fsp3) is 0. The maximum Gasteiger partial charge on any atom is 0.324 e. The summed E-state index contributed by atoms with van der Waals surface area (Å²) >= 11 is 0.967. The molecule has 0 spiro atoms. The predicted octanol–water partition coefficient (Wildman–Crippen LogP) is 2.01. The number of thiophene rings is 1. The zero-order chi connectivity index (χ0) is 13.0. The van der Waals surface area contributed by atoms with Crippen molar-refractivity contribution in [2.75, 3.05) is 0 Å². The fourth-order valence-corrected chi connectivity index (χ4v) is 1.82. The van der Waals surface area contributed by atoms with E-state index in [9.17, 15) is 14.9 Å². The van der Waals surface area contributed by atoms with Crippen molar-refractivity contribution in [1.29, 1.82) is 0 Å². The smallest absolute Gasteiger partial charge is 0.324 e. The number of hydrogen-bond donors (Lipinski definition) is 1. The second-order valence-electron chi connectivity index (χ2n) is 3.11.